The molecule has 1 heterocycles. The van der Waals surface area contributed by atoms with Crippen molar-refractivity contribution in [2.24, 2.45) is 10.9 Å². The maximum Gasteiger partial charge on any atom is 0.242 e. The van der Waals surface area contributed by atoms with E-state index in [0.717, 1.165) is 16.9 Å². The second-order valence-electron chi connectivity index (χ2n) is 7.30. The molecule has 0 spiro atoms. The Labute approximate surface area is 170 Å². The van der Waals surface area contributed by atoms with E-state index in [0.29, 0.717) is 17.6 Å². The summed E-state index contributed by atoms with van der Waals surface area (Å²) in [6, 6.07) is 17.2. The van der Waals surface area contributed by atoms with E-state index in [1.807, 2.05) is 61.5 Å². The third-order valence-corrected chi connectivity index (χ3v) is 5.43. The lowest BCUT2D eigenvalue weighted by molar-refractivity contribution is -0.128. The first kappa shape index (κ1) is 20.1. The Morgan fingerprint density at radius 3 is 2.46 bits per heavy atom. The lowest BCUT2D eigenvalue weighted by Gasteiger charge is -2.18. The summed E-state index contributed by atoms with van der Waals surface area (Å²) in [4.78, 5) is 31.7. The van der Waals surface area contributed by atoms with Crippen LogP contribution >= 0.6 is 11.8 Å². The quantitative estimate of drug-likeness (QED) is 0.777. The first-order valence-electron chi connectivity index (χ1n) is 9.40. The van der Waals surface area contributed by atoms with Gasteiger partial charge in [0.05, 0.1) is 5.69 Å². The number of aryl methyl sites for hydroxylation is 1. The van der Waals surface area contributed by atoms with Gasteiger partial charge >= 0.3 is 0 Å². The number of nitrogens with zero attached hydrogens (tertiary/aromatic N) is 2. The highest BCUT2D eigenvalue weighted by Crippen LogP contribution is 2.32. The van der Waals surface area contributed by atoms with Crippen molar-refractivity contribution in [3.05, 3.63) is 60.2 Å². The number of carbonyl (C=O) groups excluding carboxylic acids is 2. The van der Waals surface area contributed by atoms with Crippen LogP contribution in [0.4, 0.5) is 11.4 Å². The first-order chi connectivity index (χ1) is 13.4. The summed E-state index contributed by atoms with van der Waals surface area (Å²) in [5.74, 6) is 0.0956. The SMILES string of the molecule is Cc1ccc(NC(=O)C[C@@H]2SC(=Nc3ccccc3)N(CC(C)C)C2=O)cc1. The molecule has 0 bridgehead atoms. The summed E-state index contributed by atoms with van der Waals surface area (Å²) < 4.78 is 0. The van der Waals surface area contributed by atoms with Crippen molar-refractivity contribution in [2.75, 3.05) is 11.9 Å². The second kappa shape index (κ2) is 9.06. The molecule has 1 saturated heterocycles. The van der Waals surface area contributed by atoms with E-state index in [-0.39, 0.29) is 18.2 Å². The van der Waals surface area contributed by atoms with Crippen molar-refractivity contribution >= 4 is 40.1 Å². The van der Waals surface area contributed by atoms with Crippen molar-refractivity contribution in [3.63, 3.8) is 0 Å². The van der Waals surface area contributed by atoms with Gasteiger partial charge in [-0.1, -0.05) is 61.5 Å². The maximum atomic E-state index is 12.9. The summed E-state index contributed by atoms with van der Waals surface area (Å²) in [7, 11) is 0. The molecular weight excluding hydrogens is 370 g/mol. The van der Waals surface area contributed by atoms with Gasteiger partial charge in [0.15, 0.2) is 5.17 Å². The molecule has 3 rings (SSSR count). The van der Waals surface area contributed by atoms with Gasteiger partial charge in [-0.3, -0.25) is 14.5 Å². The van der Waals surface area contributed by atoms with Crippen LogP contribution < -0.4 is 5.32 Å². The molecule has 28 heavy (non-hydrogen) atoms. The van der Waals surface area contributed by atoms with Crippen LogP contribution in [0.3, 0.4) is 0 Å². The second-order valence-corrected chi connectivity index (χ2v) is 8.47. The number of rotatable bonds is 6. The van der Waals surface area contributed by atoms with Crippen LogP contribution in [0.15, 0.2) is 59.6 Å². The Bertz CT molecular complexity index is 863. The highest BCUT2D eigenvalue weighted by Gasteiger charge is 2.39. The van der Waals surface area contributed by atoms with Gasteiger partial charge in [-0.25, -0.2) is 4.99 Å². The van der Waals surface area contributed by atoms with E-state index >= 15 is 0 Å². The zero-order chi connectivity index (χ0) is 20.1. The summed E-state index contributed by atoms with van der Waals surface area (Å²) in [5, 5.41) is 3.09. The van der Waals surface area contributed by atoms with Crippen LogP contribution in [0.2, 0.25) is 0 Å². The predicted octanol–water partition coefficient (Wildman–Crippen LogP) is 4.61. The van der Waals surface area contributed by atoms with Crippen molar-refractivity contribution in [2.45, 2.75) is 32.4 Å². The standard InChI is InChI=1S/C22H25N3O2S/c1-15(2)14-25-21(27)19(28-22(25)24-17-7-5-4-6-8-17)13-20(26)23-18-11-9-16(3)10-12-18/h4-12,15,19H,13-14H2,1-3H3,(H,23,26)/t19-/m0/s1. The van der Waals surface area contributed by atoms with E-state index in [2.05, 4.69) is 24.2 Å². The number of carbonyl (C=O) groups is 2. The minimum atomic E-state index is -0.452. The highest BCUT2D eigenvalue weighted by atomic mass is 32.2. The Morgan fingerprint density at radius 2 is 1.82 bits per heavy atom. The zero-order valence-corrected chi connectivity index (χ0v) is 17.2. The van der Waals surface area contributed by atoms with Crippen LogP contribution in [-0.2, 0) is 9.59 Å². The lowest BCUT2D eigenvalue weighted by Crippen LogP contribution is -2.36. The summed E-state index contributed by atoms with van der Waals surface area (Å²) in [6.45, 7) is 6.72. The molecule has 1 atom stereocenters. The van der Waals surface area contributed by atoms with Gasteiger partial charge in [0, 0.05) is 18.7 Å². The molecule has 1 N–H and O–H groups in total. The number of amides is 2. The average Bonchev–Trinajstić information content (AvgIpc) is 2.93. The van der Waals surface area contributed by atoms with E-state index in [1.54, 1.807) is 4.90 Å². The van der Waals surface area contributed by atoms with Crippen molar-refractivity contribution < 1.29 is 9.59 Å². The van der Waals surface area contributed by atoms with E-state index in [9.17, 15) is 9.59 Å². The molecule has 146 valence electrons. The molecule has 1 fully saturated rings. The van der Waals surface area contributed by atoms with Crippen LogP contribution in [0.5, 0.6) is 0 Å². The number of amidine groups is 1. The number of nitrogens with one attached hydrogen (secondary N) is 1. The van der Waals surface area contributed by atoms with Gasteiger partial charge in [0.1, 0.15) is 5.25 Å². The van der Waals surface area contributed by atoms with E-state index < -0.39 is 5.25 Å². The first-order valence-corrected chi connectivity index (χ1v) is 10.3. The van der Waals surface area contributed by atoms with E-state index in [1.165, 1.54) is 11.8 Å². The smallest absolute Gasteiger partial charge is 0.242 e. The third-order valence-electron chi connectivity index (χ3n) is 4.25. The fourth-order valence-corrected chi connectivity index (χ4v) is 4.06. The molecule has 0 radical (unpaired) electrons. The Balaban J connectivity index is 1.72. The minimum Gasteiger partial charge on any atom is -0.326 e. The molecule has 0 saturated carbocycles. The zero-order valence-electron chi connectivity index (χ0n) is 16.4. The largest absolute Gasteiger partial charge is 0.326 e. The third kappa shape index (κ3) is 5.23. The predicted molar refractivity (Wildman–Crippen MR) is 116 cm³/mol. The Kier molecular flexibility index (Phi) is 6.52. The molecular formula is C22H25N3O2S. The molecule has 1 aliphatic rings. The van der Waals surface area contributed by atoms with Crippen LogP contribution in [0.25, 0.3) is 0 Å². The number of para-hydroxylation sites is 1. The molecule has 0 aliphatic carbocycles. The van der Waals surface area contributed by atoms with Gasteiger partial charge in [-0.15, -0.1) is 0 Å². The number of hydrogen-bond donors (Lipinski definition) is 1. The van der Waals surface area contributed by atoms with Gasteiger partial charge in [0.25, 0.3) is 0 Å². The topological polar surface area (TPSA) is 61.8 Å². The summed E-state index contributed by atoms with van der Waals surface area (Å²) in [5.41, 5.74) is 2.67. The average molecular weight is 396 g/mol. The van der Waals surface area contributed by atoms with Gasteiger partial charge in [-0.2, -0.15) is 0 Å². The van der Waals surface area contributed by atoms with Gasteiger partial charge in [0.2, 0.25) is 11.8 Å². The fraction of sp³-hybridized carbons (Fsp3) is 0.318. The molecule has 1 aliphatic heterocycles. The number of aliphatic imine (C=N–C) groups is 1. The summed E-state index contributed by atoms with van der Waals surface area (Å²) >= 11 is 1.37. The lowest BCUT2D eigenvalue weighted by atomic mass is 10.2. The molecule has 2 aromatic rings. The van der Waals surface area contributed by atoms with Crippen LogP contribution in [-0.4, -0.2) is 33.7 Å². The van der Waals surface area contributed by atoms with Crippen molar-refractivity contribution in [1.82, 2.24) is 4.90 Å². The molecule has 6 heteroatoms. The number of thioether (sulfide) groups is 1. The molecule has 0 unspecified atom stereocenters. The van der Waals surface area contributed by atoms with Crippen LogP contribution in [0, 0.1) is 12.8 Å². The maximum absolute atomic E-state index is 12.9. The molecule has 2 aromatic carbocycles. The molecule has 5 nitrogen and oxygen atoms in total. The van der Waals surface area contributed by atoms with Crippen molar-refractivity contribution in [3.8, 4) is 0 Å². The minimum absolute atomic E-state index is 0.0487. The normalized spacial score (nSPS) is 18.1. The van der Waals surface area contributed by atoms with Crippen molar-refractivity contribution in [1.29, 1.82) is 0 Å². The number of hydrogen-bond acceptors (Lipinski definition) is 4. The summed E-state index contributed by atoms with van der Waals surface area (Å²) in [6.07, 6.45) is 0.125. The number of benzene rings is 2. The van der Waals surface area contributed by atoms with E-state index in [4.69, 9.17) is 0 Å². The monoisotopic (exact) mass is 395 g/mol. The number of anilines is 1. The highest BCUT2D eigenvalue weighted by molar-refractivity contribution is 8.15. The Morgan fingerprint density at radius 1 is 1.14 bits per heavy atom. The van der Waals surface area contributed by atoms with Crippen LogP contribution in [0.1, 0.15) is 25.8 Å². The van der Waals surface area contributed by atoms with Gasteiger partial charge in [-0.05, 0) is 37.1 Å². The molecule has 2 amide bonds. The van der Waals surface area contributed by atoms with Gasteiger partial charge < -0.3 is 5.32 Å². The Hall–Kier alpha value is -2.60. The molecule has 0 aromatic heterocycles. The fourth-order valence-electron chi connectivity index (χ4n) is 2.89.